The van der Waals surface area contributed by atoms with Gasteiger partial charge in [0.15, 0.2) is 5.69 Å². The normalized spacial score (nSPS) is 12.8. The zero-order valence-corrected chi connectivity index (χ0v) is 6.66. The maximum atomic E-state index is 10.3. The highest BCUT2D eigenvalue weighted by molar-refractivity contribution is 5.84. The Hall–Kier alpha value is -1.47. The first-order valence-corrected chi connectivity index (χ1v) is 3.56. The highest BCUT2D eigenvalue weighted by atomic mass is 16.4. The number of aromatic nitrogens is 3. The van der Waals surface area contributed by atoms with Crippen molar-refractivity contribution in [2.24, 2.45) is 0 Å². The number of aromatic carboxylic acids is 1. The molecule has 7 nitrogen and oxygen atoms in total. The molecule has 13 heavy (non-hydrogen) atoms. The third-order valence-corrected chi connectivity index (χ3v) is 1.37. The Labute approximate surface area is 73.2 Å². The number of carboxylic acid groups (broad SMARTS) is 1. The molecule has 0 aliphatic heterocycles. The maximum Gasteiger partial charge on any atom is 0.358 e. The van der Waals surface area contributed by atoms with Crippen LogP contribution in [0, 0.1) is 0 Å². The van der Waals surface area contributed by atoms with Crippen LogP contribution in [0.5, 0.6) is 0 Å². The highest BCUT2D eigenvalue weighted by Crippen LogP contribution is 1.94. The van der Waals surface area contributed by atoms with E-state index in [1.807, 2.05) is 0 Å². The topological polar surface area (TPSA) is 108 Å². The van der Waals surface area contributed by atoms with E-state index in [0.29, 0.717) is 0 Å². The van der Waals surface area contributed by atoms with Gasteiger partial charge in [-0.25, -0.2) is 9.48 Å². The Balaban J connectivity index is 2.64. The summed E-state index contributed by atoms with van der Waals surface area (Å²) in [5.41, 5.74) is -0.190. The summed E-state index contributed by atoms with van der Waals surface area (Å²) in [6.45, 7) is -0.376. The van der Waals surface area contributed by atoms with Crippen LogP contribution in [0.4, 0.5) is 0 Å². The minimum Gasteiger partial charge on any atom is -0.476 e. The van der Waals surface area contributed by atoms with Crippen LogP contribution in [0.2, 0.25) is 0 Å². The van der Waals surface area contributed by atoms with E-state index in [1.54, 1.807) is 0 Å². The number of carboxylic acids is 1. The van der Waals surface area contributed by atoms with Gasteiger partial charge in [-0.2, -0.15) is 0 Å². The van der Waals surface area contributed by atoms with E-state index in [0.717, 1.165) is 4.68 Å². The van der Waals surface area contributed by atoms with Crippen molar-refractivity contribution in [3.8, 4) is 0 Å². The number of nitrogens with zero attached hydrogens (tertiary/aromatic N) is 3. The summed E-state index contributed by atoms with van der Waals surface area (Å²) in [4.78, 5) is 10.3. The van der Waals surface area contributed by atoms with E-state index in [9.17, 15) is 4.79 Å². The third-order valence-electron chi connectivity index (χ3n) is 1.37. The quantitative estimate of drug-likeness (QED) is 0.520. The molecule has 0 spiro atoms. The maximum absolute atomic E-state index is 10.3. The molecule has 0 bridgehead atoms. The molecule has 0 saturated carbocycles. The molecule has 1 aromatic rings. The second-order valence-electron chi connectivity index (χ2n) is 2.47. The Morgan fingerprint density at radius 2 is 2.38 bits per heavy atom. The third kappa shape index (κ3) is 2.49. The van der Waals surface area contributed by atoms with Gasteiger partial charge in [-0.1, -0.05) is 5.21 Å². The molecule has 72 valence electrons. The molecule has 1 atom stereocenters. The molecule has 1 aromatic heterocycles. The smallest absolute Gasteiger partial charge is 0.358 e. The van der Waals surface area contributed by atoms with Crippen LogP contribution in [-0.2, 0) is 6.54 Å². The van der Waals surface area contributed by atoms with E-state index in [1.165, 1.54) is 6.20 Å². The largest absolute Gasteiger partial charge is 0.476 e. The Kier molecular flexibility index (Phi) is 2.93. The lowest BCUT2D eigenvalue weighted by Gasteiger charge is -2.04. The van der Waals surface area contributed by atoms with Gasteiger partial charge in [0.05, 0.1) is 25.5 Å². The van der Waals surface area contributed by atoms with Gasteiger partial charge in [0, 0.05) is 0 Å². The van der Waals surface area contributed by atoms with E-state index in [-0.39, 0.29) is 12.2 Å². The molecule has 3 N–H and O–H groups in total. The summed E-state index contributed by atoms with van der Waals surface area (Å²) in [6.07, 6.45) is 0.227. The van der Waals surface area contributed by atoms with Crippen LogP contribution in [-0.4, -0.2) is 49.0 Å². The van der Waals surface area contributed by atoms with Crippen molar-refractivity contribution in [3.05, 3.63) is 11.9 Å². The summed E-state index contributed by atoms with van der Waals surface area (Å²) in [5, 5.41) is 32.7. The number of rotatable bonds is 4. The summed E-state index contributed by atoms with van der Waals surface area (Å²) in [7, 11) is 0. The number of hydrogen-bond donors (Lipinski definition) is 3. The van der Waals surface area contributed by atoms with Gasteiger partial charge in [0.2, 0.25) is 0 Å². The van der Waals surface area contributed by atoms with E-state index < -0.39 is 18.7 Å². The van der Waals surface area contributed by atoms with Crippen molar-refractivity contribution >= 4 is 5.97 Å². The van der Waals surface area contributed by atoms with E-state index in [2.05, 4.69) is 10.3 Å². The van der Waals surface area contributed by atoms with Crippen LogP contribution >= 0.6 is 0 Å². The highest BCUT2D eigenvalue weighted by Gasteiger charge is 2.10. The zero-order valence-electron chi connectivity index (χ0n) is 6.66. The van der Waals surface area contributed by atoms with Crippen LogP contribution in [0.1, 0.15) is 10.5 Å². The monoisotopic (exact) mass is 187 g/mol. The molecule has 0 saturated heterocycles. The molecular formula is C6H9N3O4. The Morgan fingerprint density at radius 3 is 2.85 bits per heavy atom. The summed E-state index contributed by atoms with van der Waals surface area (Å²) < 4.78 is 1.16. The molecule has 0 fully saturated rings. The van der Waals surface area contributed by atoms with Gasteiger partial charge in [-0.3, -0.25) is 0 Å². The fourth-order valence-electron chi connectivity index (χ4n) is 0.759. The van der Waals surface area contributed by atoms with Gasteiger partial charge in [0.25, 0.3) is 0 Å². The summed E-state index contributed by atoms with van der Waals surface area (Å²) in [6, 6.07) is 0. The van der Waals surface area contributed by atoms with Gasteiger partial charge >= 0.3 is 5.97 Å². The van der Waals surface area contributed by atoms with Crippen LogP contribution in [0.25, 0.3) is 0 Å². The van der Waals surface area contributed by atoms with Crippen LogP contribution in [0.3, 0.4) is 0 Å². The number of aliphatic hydroxyl groups excluding tert-OH is 2. The lowest BCUT2D eigenvalue weighted by atomic mass is 10.4. The molecule has 1 heterocycles. The average molecular weight is 187 g/mol. The molecule has 7 heteroatoms. The van der Waals surface area contributed by atoms with E-state index >= 15 is 0 Å². The molecular weight excluding hydrogens is 178 g/mol. The van der Waals surface area contributed by atoms with Gasteiger partial charge in [-0.05, 0) is 0 Å². The standard InChI is InChI=1S/C6H9N3O4/c10-3-4(11)1-9-2-5(6(12)13)7-8-9/h2,4,10-11H,1,3H2,(H,12,13). The van der Waals surface area contributed by atoms with Crippen molar-refractivity contribution in [1.29, 1.82) is 0 Å². The molecule has 0 radical (unpaired) electrons. The first-order valence-electron chi connectivity index (χ1n) is 3.56. The second-order valence-corrected chi connectivity index (χ2v) is 2.47. The van der Waals surface area contributed by atoms with Crippen molar-refractivity contribution in [3.63, 3.8) is 0 Å². The second kappa shape index (κ2) is 3.97. The zero-order chi connectivity index (χ0) is 9.84. The Morgan fingerprint density at radius 1 is 1.69 bits per heavy atom. The predicted octanol–water partition coefficient (Wildman–Crippen LogP) is -1.67. The Bertz CT molecular complexity index is 298. The fraction of sp³-hybridized carbons (Fsp3) is 0.500. The van der Waals surface area contributed by atoms with Crippen molar-refractivity contribution < 1.29 is 20.1 Å². The number of hydrogen-bond acceptors (Lipinski definition) is 5. The molecule has 1 rings (SSSR count). The summed E-state index contributed by atoms with van der Waals surface area (Å²) >= 11 is 0. The van der Waals surface area contributed by atoms with Crippen molar-refractivity contribution in [2.45, 2.75) is 12.6 Å². The molecule has 0 aromatic carbocycles. The molecule has 0 aliphatic rings. The lowest BCUT2D eigenvalue weighted by molar-refractivity contribution is 0.0689. The minimum absolute atomic E-state index is 0.0246. The van der Waals surface area contributed by atoms with Gasteiger partial charge < -0.3 is 15.3 Å². The minimum atomic E-state index is -1.18. The van der Waals surface area contributed by atoms with Gasteiger partial charge in [0.1, 0.15) is 0 Å². The average Bonchev–Trinajstić information content (AvgIpc) is 2.52. The number of carbonyl (C=O) groups is 1. The van der Waals surface area contributed by atoms with E-state index in [4.69, 9.17) is 15.3 Å². The first-order chi connectivity index (χ1) is 6.13. The van der Waals surface area contributed by atoms with Gasteiger partial charge in [-0.15, -0.1) is 5.10 Å². The SMILES string of the molecule is O=C(O)c1cn(CC(O)CO)nn1. The summed E-state index contributed by atoms with van der Waals surface area (Å²) in [5.74, 6) is -1.18. The number of aliphatic hydroxyl groups is 2. The van der Waals surface area contributed by atoms with Crippen molar-refractivity contribution in [1.82, 2.24) is 15.0 Å². The first kappa shape index (κ1) is 9.62. The lowest BCUT2D eigenvalue weighted by Crippen LogP contribution is -2.20. The predicted molar refractivity (Wildman–Crippen MR) is 40.1 cm³/mol. The van der Waals surface area contributed by atoms with Crippen LogP contribution in [0.15, 0.2) is 6.20 Å². The van der Waals surface area contributed by atoms with Crippen LogP contribution < -0.4 is 0 Å². The molecule has 0 amide bonds. The molecule has 1 unspecified atom stereocenters. The fourth-order valence-corrected chi connectivity index (χ4v) is 0.759. The molecule has 0 aliphatic carbocycles. The van der Waals surface area contributed by atoms with Crippen molar-refractivity contribution in [2.75, 3.05) is 6.61 Å².